The Morgan fingerprint density at radius 1 is 1.03 bits per heavy atom. The van der Waals surface area contributed by atoms with Crippen LogP contribution in [-0.4, -0.2) is 36.5 Å². The van der Waals surface area contributed by atoms with Gasteiger partial charge >= 0.3 is 5.69 Å². The Balaban J connectivity index is 1.55. The topological polar surface area (TPSA) is 153 Å². The van der Waals surface area contributed by atoms with Crippen molar-refractivity contribution in [2.45, 2.75) is 11.4 Å². The lowest BCUT2D eigenvalue weighted by atomic mass is 10.1. The largest absolute Gasteiger partial charge is 0.504 e. The third kappa shape index (κ3) is 4.67. The average Bonchev–Trinajstić information content (AvgIpc) is 3.17. The number of imidazole rings is 1. The molecule has 1 aromatic heterocycles. The van der Waals surface area contributed by atoms with E-state index < -0.39 is 21.6 Å². The number of ether oxygens (including phenoxy) is 1. The standard InChI is InChI=1S/C22H20N4O6S/c1-32-20-10-13(6-9-19(20)27)12-23-21(28)15-4-2-3-5-16(15)26-33(30,31)14-7-8-17-18(11-14)25-22(29)24-17/h2-11,26-27H,12H2,1H3,(H,23,28)(H2,24,25,29). The Bertz CT molecular complexity index is 1510. The van der Waals surface area contributed by atoms with E-state index in [9.17, 15) is 23.1 Å². The van der Waals surface area contributed by atoms with Crippen LogP contribution in [-0.2, 0) is 16.6 Å². The number of carbonyl (C=O) groups excluding carboxylic acids is 1. The number of hydrogen-bond donors (Lipinski definition) is 5. The number of methoxy groups -OCH3 is 1. The Labute approximate surface area is 188 Å². The van der Waals surface area contributed by atoms with Crippen LogP contribution in [0.4, 0.5) is 5.69 Å². The molecule has 0 aliphatic carbocycles. The number of aromatic nitrogens is 2. The van der Waals surface area contributed by atoms with Gasteiger partial charge in [0.15, 0.2) is 11.5 Å². The molecule has 10 nitrogen and oxygen atoms in total. The number of hydrogen-bond acceptors (Lipinski definition) is 6. The van der Waals surface area contributed by atoms with Crippen LogP contribution in [0.15, 0.2) is 70.4 Å². The van der Waals surface area contributed by atoms with E-state index in [0.29, 0.717) is 16.6 Å². The summed E-state index contributed by atoms with van der Waals surface area (Å²) >= 11 is 0. The van der Waals surface area contributed by atoms with Crippen molar-refractivity contribution >= 4 is 32.7 Å². The van der Waals surface area contributed by atoms with Gasteiger partial charge in [0.25, 0.3) is 15.9 Å². The number of fused-ring (bicyclic) bond motifs is 1. The minimum absolute atomic E-state index is 0.0192. The molecule has 0 spiro atoms. The van der Waals surface area contributed by atoms with Crippen LogP contribution < -0.4 is 20.5 Å². The molecule has 1 heterocycles. The van der Waals surface area contributed by atoms with Gasteiger partial charge in [-0.25, -0.2) is 13.2 Å². The number of phenols is 1. The molecule has 3 aromatic carbocycles. The Kier molecular flexibility index (Phi) is 5.80. The van der Waals surface area contributed by atoms with Crippen molar-refractivity contribution in [2.24, 2.45) is 0 Å². The van der Waals surface area contributed by atoms with Crippen LogP contribution in [0.25, 0.3) is 11.0 Å². The Morgan fingerprint density at radius 3 is 2.58 bits per heavy atom. The monoisotopic (exact) mass is 468 g/mol. The number of aromatic amines is 2. The van der Waals surface area contributed by atoms with E-state index in [4.69, 9.17) is 4.74 Å². The van der Waals surface area contributed by atoms with Crippen LogP contribution in [0.1, 0.15) is 15.9 Å². The first-order valence-corrected chi connectivity index (χ1v) is 11.2. The second-order valence-electron chi connectivity index (χ2n) is 7.13. The van der Waals surface area contributed by atoms with Gasteiger partial charge < -0.3 is 25.1 Å². The predicted molar refractivity (Wildman–Crippen MR) is 122 cm³/mol. The van der Waals surface area contributed by atoms with Gasteiger partial charge in [0.05, 0.1) is 34.3 Å². The lowest BCUT2D eigenvalue weighted by Gasteiger charge is -2.13. The molecule has 0 radical (unpaired) electrons. The second kappa shape index (κ2) is 8.71. The number of carbonyl (C=O) groups is 1. The number of rotatable bonds is 7. The summed E-state index contributed by atoms with van der Waals surface area (Å²) < 4.78 is 33.3. The molecule has 5 N–H and O–H groups in total. The first-order valence-electron chi connectivity index (χ1n) is 9.75. The van der Waals surface area contributed by atoms with E-state index in [1.807, 2.05) is 0 Å². The summed E-state index contributed by atoms with van der Waals surface area (Å²) in [5.41, 5.74) is 1.29. The van der Waals surface area contributed by atoms with E-state index in [0.717, 1.165) is 0 Å². The number of H-pyrrole nitrogens is 2. The third-order valence-electron chi connectivity index (χ3n) is 4.91. The zero-order chi connectivity index (χ0) is 23.6. The summed E-state index contributed by atoms with van der Waals surface area (Å²) in [4.78, 5) is 29.2. The number of para-hydroxylation sites is 1. The number of phenolic OH excluding ortho intramolecular Hbond substituents is 1. The molecule has 0 atom stereocenters. The minimum Gasteiger partial charge on any atom is -0.504 e. The number of sulfonamides is 1. The van der Waals surface area contributed by atoms with Crippen molar-refractivity contribution < 1.29 is 23.1 Å². The molecule has 0 bridgehead atoms. The van der Waals surface area contributed by atoms with E-state index in [-0.39, 0.29) is 34.2 Å². The van der Waals surface area contributed by atoms with Crippen LogP contribution in [0, 0.1) is 0 Å². The van der Waals surface area contributed by atoms with Crippen LogP contribution >= 0.6 is 0 Å². The van der Waals surface area contributed by atoms with Crippen molar-refractivity contribution in [1.29, 1.82) is 0 Å². The average molecular weight is 468 g/mol. The van der Waals surface area contributed by atoms with Crippen molar-refractivity contribution in [1.82, 2.24) is 15.3 Å². The number of aromatic hydroxyl groups is 1. The zero-order valence-electron chi connectivity index (χ0n) is 17.4. The van der Waals surface area contributed by atoms with E-state index in [1.54, 1.807) is 24.3 Å². The smallest absolute Gasteiger partial charge is 0.323 e. The van der Waals surface area contributed by atoms with Gasteiger partial charge in [-0.2, -0.15) is 0 Å². The molecule has 0 unspecified atom stereocenters. The normalized spacial score (nSPS) is 11.3. The fraction of sp³-hybridized carbons (Fsp3) is 0.0909. The molecule has 0 saturated heterocycles. The van der Waals surface area contributed by atoms with Gasteiger partial charge in [-0.15, -0.1) is 0 Å². The minimum atomic E-state index is -4.04. The predicted octanol–water partition coefficient (Wildman–Crippen LogP) is 2.30. The molecule has 170 valence electrons. The highest BCUT2D eigenvalue weighted by atomic mass is 32.2. The zero-order valence-corrected chi connectivity index (χ0v) is 18.2. The Hall–Kier alpha value is -4.25. The quantitative estimate of drug-likeness (QED) is 0.280. The molecular weight excluding hydrogens is 448 g/mol. The Morgan fingerprint density at radius 2 is 1.79 bits per heavy atom. The highest BCUT2D eigenvalue weighted by Crippen LogP contribution is 2.26. The van der Waals surface area contributed by atoms with Gasteiger partial charge in [-0.05, 0) is 48.0 Å². The number of benzene rings is 3. The summed E-state index contributed by atoms with van der Waals surface area (Å²) in [6, 6.07) is 15.0. The fourth-order valence-electron chi connectivity index (χ4n) is 3.26. The number of amides is 1. The van der Waals surface area contributed by atoms with Crippen LogP contribution in [0.5, 0.6) is 11.5 Å². The maximum atomic E-state index is 12.9. The summed E-state index contributed by atoms with van der Waals surface area (Å²) in [5.74, 6) is -0.240. The lowest BCUT2D eigenvalue weighted by Crippen LogP contribution is -2.25. The maximum Gasteiger partial charge on any atom is 0.323 e. The van der Waals surface area contributed by atoms with Gasteiger partial charge in [-0.3, -0.25) is 9.52 Å². The highest BCUT2D eigenvalue weighted by Gasteiger charge is 2.19. The van der Waals surface area contributed by atoms with Crippen molar-refractivity contribution in [3.8, 4) is 11.5 Å². The molecular formula is C22H20N4O6S. The third-order valence-corrected chi connectivity index (χ3v) is 6.27. The molecule has 4 aromatic rings. The summed E-state index contributed by atoms with van der Waals surface area (Å²) in [7, 11) is -2.62. The number of anilines is 1. The van der Waals surface area contributed by atoms with E-state index in [1.165, 1.54) is 43.5 Å². The van der Waals surface area contributed by atoms with Gasteiger partial charge in [0.1, 0.15) is 0 Å². The molecule has 0 aliphatic rings. The molecule has 11 heteroatoms. The SMILES string of the molecule is COc1cc(CNC(=O)c2ccccc2NS(=O)(=O)c2ccc3[nH]c(=O)[nH]c3c2)ccc1O. The fourth-order valence-corrected chi connectivity index (χ4v) is 4.37. The summed E-state index contributed by atoms with van der Waals surface area (Å²) in [5, 5.41) is 12.4. The second-order valence-corrected chi connectivity index (χ2v) is 8.81. The van der Waals surface area contributed by atoms with Crippen molar-refractivity contribution in [3.63, 3.8) is 0 Å². The first kappa shape index (κ1) is 22.0. The highest BCUT2D eigenvalue weighted by molar-refractivity contribution is 7.92. The van der Waals surface area contributed by atoms with Crippen LogP contribution in [0.2, 0.25) is 0 Å². The summed E-state index contributed by atoms with van der Waals surface area (Å²) in [6.45, 7) is 0.133. The van der Waals surface area contributed by atoms with Gasteiger partial charge in [0.2, 0.25) is 0 Å². The maximum absolute atomic E-state index is 12.9. The molecule has 0 saturated carbocycles. The summed E-state index contributed by atoms with van der Waals surface area (Å²) in [6.07, 6.45) is 0. The van der Waals surface area contributed by atoms with E-state index >= 15 is 0 Å². The van der Waals surface area contributed by atoms with Crippen LogP contribution in [0.3, 0.4) is 0 Å². The number of nitrogens with one attached hydrogen (secondary N) is 4. The van der Waals surface area contributed by atoms with Crippen molar-refractivity contribution in [2.75, 3.05) is 11.8 Å². The molecule has 33 heavy (non-hydrogen) atoms. The van der Waals surface area contributed by atoms with Crippen molar-refractivity contribution in [3.05, 3.63) is 82.3 Å². The lowest BCUT2D eigenvalue weighted by molar-refractivity contribution is 0.0951. The molecule has 0 fully saturated rings. The molecule has 0 aliphatic heterocycles. The van der Waals surface area contributed by atoms with Gasteiger partial charge in [-0.1, -0.05) is 18.2 Å². The molecule has 4 rings (SSSR count). The molecule has 1 amide bonds. The van der Waals surface area contributed by atoms with Gasteiger partial charge in [0, 0.05) is 6.54 Å². The van der Waals surface area contributed by atoms with E-state index in [2.05, 4.69) is 20.0 Å². The first-order chi connectivity index (χ1) is 15.8.